The molecule has 2 aliphatic carbocycles. The largest absolute Gasteiger partial charge is 0.497 e. The van der Waals surface area contributed by atoms with Crippen molar-refractivity contribution in [1.29, 1.82) is 0 Å². The summed E-state index contributed by atoms with van der Waals surface area (Å²) in [5.41, 5.74) is 4.01. The molecule has 2 heterocycles. The van der Waals surface area contributed by atoms with Crippen molar-refractivity contribution in [2.24, 2.45) is 5.41 Å². The molecule has 0 spiro atoms. The van der Waals surface area contributed by atoms with Gasteiger partial charge in [0, 0.05) is 61.6 Å². The summed E-state index contributed by atoms with van der Waals surface area (Å²) >= 11 is 0. The fourth-order valence-corrected chi connectivity index (χ4v) is 8.83. The summed E-state index contributed by atoms with van der Waals surface area (Å²) in [7, 11) is 0.319. The third kappa shape index (κ3) is 9.26. The number of carboxylic acids is 1. The number of amides is 2. The second kappa shape index (κ2) is 16.6. The molecule has 3 N–H and O–H groups in total. The Hall–Kier alpha value is -4.63. The third-order valence-corrected chi connectivity index (χ3v) is 12.0. The number of hydrogen-bond donors (Lipinski definition) is 3. The van der Waals surface area contributed by atoms with Crippen molar-refractivity contribution >= 4 is 45.1 Å². The van der Waals surface area contributed by atoms with Crippen molar-refractivity contribution in [2.75, 3.05) is 34.4 Å². The normalized spacial score (nSPS) is 19.1. The SMILES string of the molecule is CC(=O)O.COC(=O)C12CC1c1cc(OC)ccc1-c1c(C3CCCCC3)c3ccc(C(=O)NS(=O)(=O)N(C)CCCCNC(=O)OC(C)(C)C)cc3n1C2. The van der Waals surface area contributed by atoms with Crippen molar-refractivity contribution in [1.82, 2.24) is 18.9 Å². The molecule has 2 aromatic carbocycles. The number of rotatable bonds is 11. The first-order valence-corrected chi connectivity index (χ1v) is 20.2. The molecule has 14 nitrogen and oxygen atoms in total. The molecule has 3 aromatic rings. The maximum atomic E-state index is 13.6. The van der Waals surface area contributed by atoms with Gasteiger partial charge in [-0.2, -0.15) is 12.7 Å². The Balaban J connectivity index is 0.00000138. The van der Waals surface area contributed by atoms with Crippen LogP contribution in [-0.2, 0) is 35.8 Å². The Bertz CT molecular complexity index is 2040. The number of ether oxygens (including phenoxy) is 3. The summed E-state index contributed by atoms with van der Waals surface area (Å²) in [5.74, 6) is -0.839. The molecule has 2 unspecified atom stereocenters. The molecule has 1 aliphatic heterocycles. The lowest BCUT2D eigenvalue weighted by Crippen LogP contribution is -2.42. The summed E-state index contributed by atoms with van der Waals surface area (Å²) < 4.78 is 48.2. The van der Waals surface area contributed by atoms with E-state index in [-0.39, 0.29) is 24.0 Å². The number of carbonyl (C=O) groups excluding carboxylic acids is 3. The smallest absolute Gasteiger partial charge is 0.407 e. The van der Waals surface area contributed by atoms with Gasteiger partial charge < -0.3 is 29.2 Å². The van der Waals surface area contributed by atoms with E-state index in [4.69, 9.17) is 24.1 Å². The lowest BCUT2D eigenvalue weighted by atomic mass is 9.81. The fraction of sp³-hybridized carbons (Fsp3) is 0.550. The zero-order chi connectivity index (χ0) is 40.3. The molecular weight excluding hydrogens is 729 g/mol. The quantitative estimate of drug-likeness (QED) is 0.147. The number of carboxylic acid groups (broad SMARTS) is 1. The van der Waals surface area contributed by atoms with Gasteiger partial charge in [-0.1, -0.05) is 25.3 Å². The van der Waals surface area contributed by atoms with Crippen LogP contribution in [0.5, 0.6) is 5.75 Å². The van der Waals surface area contributed by atoms with Crippen molar-refractivity contribution in [3.8, 4) is 17.0 Å². The number of hydrogen-bond acceptors (Lipinski definition) is 9. The molecule has 3 aliphatic rings. The first-order chi connectivity index (χ1) is 25.9. The predicted molar refractivity (Wildman–Crippen MR) is 207 cm³/mol. The van der Waals surface area contributed by atoms with Gasteiger partial charge in [0.15, 0.2) is 0 Å². The molecule has 0 radical (unpaired) electrons. The lowest BCUT2D eigenvalue weighted by molar-refractivity contribution is -0.147. The number of alkyl carbamates (subject to hydrolysis) is 1. The molecule has 0 bridgehead atoms. The summed E-state index contributed by atoms with van der Waals surface area (Å²) in [6.07, 6.45) is 6.65. The zero-order valence-electron chi connectivity index (χ0n) is 32.8. The van der Waals surface area contributed by atoms with Gasteiger partial charge in [0.25, 0.3) is 11.9 Å². The molecular formula is C40H54N4O10S. The van der Waals surface area contributed by atoms with Crippen molar-refractivity contribution in [3.63, 3.8) is 0 Å². The lowest BCUT2D eigenvalue weighted by Gasteiger charge is -2.24. The minimum absolute atomic E-state index is 0.0375. The van der Waals surface area contributed by atoms with Crippen LogP contribution in [0.25, 0.3) is 22.2 Å². The van der Waals surface area contributed by atoms with Gasteiger partial charge in [-0.3, -0.25) is 14.4 Å². The number of nitrogens with one attached hydrogen (secondary N) is 2. The van der Waals surface area contributed by atoms with E-state index < -0.39 is 39.2 Å². The van der Waals surface area contributed by atoms with E-state index in [1.54, 1.807) is 40.0 Å². The highest BCUT2D eigenvalue weighted by atomic mass is 32.2. The Labute approximate surface area is 323 Å². The molecule has 15 heteroatoms. The number of esters is 1. The van der Waals surface area contributed by atoms with Gasteiger partial charge in [-0.05, 0) is 100 Å². The predicted octanol–water partition coefficient (Wildman–Crippen LogP) is 6.33. The number of unbranched alkanes of at least 4 members (excludes halogenated alkanes) is 1. The van der Waals surface area contributed by atoms with E-state index in [1.165, 1.54) is 26.1 Å². The van der Waals surface area contributed by atoms with E-state index in [0.717, 1.165) is 70.4 Å². The fourth-order valence-electron chi connectivity index (χ4n) is 7.95. The number of aromatic nitrogens is 1. The van der Waals surface area contributed by atoms with Gasteiger partial charge in [0.05, 0.1) is 25.3 Å². The molecule has 1 aromatic heterocycles. The van der Waals surface area contributed by atoms with Crippen LogP contribution < -0.4 is 14.8 Å². The van der Waals surface area contributed by atoms with Crippen LogP contribution in [0.15, 0.2) is 36.4 Å². The molecule has 2 atom stereocenters. The zero-order valence-corrected chi connectivity index (χ0v) is 33.6. The highest BCUT2D eigenvalue weighted by Crippen LogP contribution is 2.66. The Kier molecular flexibility index (Phi) is 12.5. The topological polar surface area (TPSA) is 183 Å². The molecule has 2 saturated carbocycles. The maximum absolute atomic E-state index is 13.6. The highest BCUT2D eigenvalue weighted by molar-refractivity contribution is 7.87. The van der Waals surface area contributed by atoms with Gasteiger partial charge in [0.2, 0.25) is 0 Å². The third-order valence-electron chi connectivity index (χ3n) is 10.6. The molecule has 300 valence electrons. The van der Waals surface area contributed by atoms with Crippen LogP contribution in [-0.4, -0.2) is 86.3 Å². The summed E-state index contributed by atoms with van der Waals surface area (Å²) in [5, 5.41) is 11.1. The molecule has 0 saturated heterocycles. The van der Waals surface area contributed by atoms with Gasteiger partial charge in [-0.25, -0.2) is 9.52 Å². The average Bonchev–Trinajstić information content (AvgIpc) is 3.79. The van der Waals surface area contributed by atoms with Crippen molar-refractivity contribution in [3.05, 3.63) is 53.1 Å². The second-order valence-electron chi connectivity index (χ2n) is 15.7. The van der Waals surface area contributed by atoms with E-state index >= 15 is 0 Å². The van der Waals surface area contributed by atoms with Crippen molar-refractivity contribution < 1.29 is 46.9 Å². The molecule has 2 fully saturated rings. The number of methoxy groups -OCH3 is 2. The summed E-state index contributed by atoms with van der Waals surface area (Å²) in [4.78, 5) is 47.9. The van der Waals surface area contributed by atoms with Crippen LogP contribution in [0.3, 0.4) is 0 Å². The van der Waals surface area contributed by atoms with E-state index in [9.17, 15) is 22.8 Å². The Morgan fingerprint density at radius 1 is 1.02 bits per heavy atom. The molecule has 2 amide bonds. The van der Waals surface area contributed by atoms with Gasteiger partial charge in [0.1, 0.15) is 11.4 Å². The van der Waals surface area contributed by atoms with Crippen LogP contribution in [0, 0.1) is 5.41 Å². The average molecular weight is 783 g/mol. The monoisotopic (exact) mass is 782 g/mol. The number of carbonyl (C=O) groups is 4. The van der Waals surface area contributed by atoms with E-state index in [1.807, 2.05) is 18.2 Å². The molecule has 6 rings (SSSR count). The first-order valence-electron chi connectivity index (χ1n) is 18.8. The molecule has 55 heavy (non-hydrogen) atoms. The van der Waals surface area contributed by atoms with Crippen LogP contribution >= 0.6 is 0 Å². The first kappa shape index (κ1) is 41.5. The van der Waals surface area contributed by atoms with Crippen molar-refractivity contribution in [2.45, 2.75) is 103 Å². The Morgan fingerprint density at radius 2 is 1.71 bits per heavy atom. The van der Waals surface area contributed by atoms with Gasteiger partial charge in [-0.15, -0.1) is 0 Å². The van der Waals surface area contributed by atoms with E-state index in [2.05, 4.69) is 20.7 Å². The maximum Gasteiger partial charge on any atom is 0.407 e. The minimum Gasteiger partial charge on any atom is -0.497 e. The Morgan fingerprint density at radius 3 is 2.35 bits per heavy atom. The standard InChI is InChI=1S/C38H50N4O8S.C2H4O2/c1-37(2,3)50-36(45)39-18-10-11-19-41(4)51(46,47)40-34(43)25-14-16-28-31(20-25)42-23-38(35(44)49-6)22-30(38)29-21-26(48-5)15-17-27(29)33(42)32(28)24-12-8-7-9-13-24;1-2(3)4/h14-17,20-21,24,30H,7-13,18-19,22-23H2,1-6H3,(H,39,45)(H,40,43);1H3,(H,3,4). The number of fused-ring (bicyclic) bond motifs is 7. The van der Waals surface area contributed by atoms with Crippen LogP contribution in [0.4, 0.5) is 4.79 Å². The van der Waals surface area contributed by atoms with E-state index in [0.29, 0.717) is 38.3 Å². The highest BCUT2D eigenvalue weighted by Gasteiger charge is 2.64. The van der Waals surface area contributed by atoms with Crippen LogP contribution in [0.2, 0.25) is 0 Å². The second-order valence-corrected chi connectivity index (χ2v) is 17.5. The number of aliphatic carboxylic acids is 1. The summed E-state index contributed by atoms with van der Waals surface area (Å²) in [6, 6.07) is 11.5. The van der Waals surface area contributed by atoms with Crippen LogP contribution in [0.1, 0.15) is 112 Å². The van der Waals surface area contributed by atoms with Gasteiger partial charge >= 0.3 is 22.3 Å². The number of benzene rings is 2. The minimum atomic E-state index is -4.15. The summed E-state index contributed by atoms with van der Waals surface area (Å²) in [6.45, 7) is 7.28. The number of nitrogens with zero attached hydrogens (tertiary/aromatic N) is 2.